The number of nitrogens with zero attached hydrogens (tertiary/aromatic N) is 3. The van der Waals surface area contributed by atoms with Crippen LogP contribution in [-0.4, -0.2) is 38.0 Å². The molecule has 29 heavy (non-hydrogen) atoms. The predicted molar refractivity (Wildman–Crippen MR) is 124 cm³/mol. The summed E-state index contributed by atoms with van der Waals surface area (Å²) in [5, 5.41) is 4.59. The van der Waals surface area contributed by atoms with E-state index in [0.717, 1.165) is 19.4 Å². The Balaban J connectivity index is 1.88. The van der Waals surface area contributed by atoms with Crippen LogP contribution < -0.4 is 0 Å². The molecule has 0 saturated carbocycles. The van der Waals surface area contributed by atoms with Gasteiger partial charge in [0, 0.05) is 0 Å². The van der Waals surface area contributed by atoms with Gasteiger partial charge in [0.05, 0.1) is 40.6 Å². The SMILES string of the molecule is CC(C)(C)OC(=O)N1Cc2c(I)c(Br)nn2CC1C(C)(C)OCc1ccccc1. The maximum atomic E-state index is 13.1. The summed E-state index contributed by atoms with van der Waals surface area (Å²) < 4.78 is 15.8. The molecular formula is C21H27BrIN3O3. The van der Waals surface area contributed by atoms with E-state index in [9.17, 15) is 4.79 Å². The lowest BCUT2D eigenvalue weighted by Crippen LogP contribution is -2.58. The minimum absolute atomic E-state index is 0.226. The summed E-state index contributed by atoms with van der Waals surface area (Å²) in [7, 11) is 0. The smallest absolute Gasteiger partial charge is 0.411 e. The first kappa shape index (κ1) is 22.6. The largest absolute Gasteiger partial charge is 0.444 e. The van der Waals surface area contributed by atoms with Gasteiger partial charge in [-0.05, 0) is 78.7 Å². The summed E-state index contributed by atoms with van der Waals surface area (Å²) in [6, 6.07) is 9.82. The van der Waals surface area contributed by atoms with E-state index < -0.39 is 11.2 Å². The quantitative estimate of drug-likeness (QED) is 0.460. The fourth-order valence-corrected chi connectivity index (χ4v) is 4.30. The van der Waals surface area contributed by atoms with Crippen LogP contribution in [-0.2, 0) is 29.2 Å². The molecule has 2 aromatic rings. The monoisotopic (exact) mass is 575 g/mol. The van der Waals surface area contributed by atoms with Gasteiger partial charge in [-0.25, -0.2) is 4.79 Å². The molecule has 1 aliphatic rings. The predicted octanol–water partition coefficient (Wildman–Crippen LogP) is 5.36. The van der Waals surface area contributed by atoms with Crippen molar-refractivity contribution in [1.82, 2.24) is 14.7 Å². The van der Waals surface area contributed by atoms with Gasteiger partial charge in [0.2, 0.25) is 0 Å². The molecule has 0 aliphatic carbocycles. The van der Waals surface area contributed by atoms with E-state index in [2.05, 4.69) is 43.6 Å². The maximum absolute atomic E-state index is 13.1. The highest BCUT2D eigenvalue weighted by Gasteiger charge is 2.43. The van der Waals surface area contributed by atoms with Gasteiger partial charge in [0.1, 0.15) is 10.2 Å². The summed E-state index contributed by atoms with van der Waals surface area (Å²) in [6.07, 6.45) is -0.335. The minimum Gasteiger partial charge on any atom is -0.444 e. The summed E-state index contributed by atoms with van der Waals surface area (Å²) >= 11 is 5.77. The second-order valence-electron chi connectivity index (χ2n) is 8.74. The zero-order valence-electron chi connectivity index (χ0n) is 17.4. The summed E-state index contributed by atoms with van der Waals surface area (Å²) in [5.41, 5.74) is 0.923. The Bertz CT molecular complexity index is 877. The molecule has 158 valence electrons. The Morgan fingerprint density at radius 3 is 2.52 bits per heavy atom. The molecule has 0 spiro atoms. The molecule has 3 rings (SSSR count). The van der Waals surface area contributed by atoms with Gasteiger partial charge >= 0.3 is 6.09 Å². The highest BCUT2D eigenvalue weighted by atomic mass is 127. The maximum Gasteiger partial charge on any atom is 0.411 e. The summed E-state index contributed by atoms with van der Waals surface area (Å²) in [4.78, 5) is 14.9. The molecule has 2 heterocycles. The lowest BCUT2D eigenvalue weighted by molar-refractivity contribution is -0.102. The van der Waals surface area contributed by atoms with Gasteiger partial charge in [0.25, 0.3) is 0 Å². The molecule has 0 fully saturated rings. The van der Waals surface area contributed by atoms with Crippen molar-refractivity contribution in [2.24, 2.45) is 0 Å². The van der Waals surface area contributed by atoms with Crippen LogP contribution in [0, 0.1) is 3.57 Å². The Kier molecular flexibility index (Phi) is 6.65. The molecule has 6 nitrogen and oxygen atoms in total. The van der Waals surface area contributed by atoms with Crippen LogP contribution in [0.5, 0.6) is 0 Å². The third-order valence-electron chi connectivity index (χ3n) is 4.88. The van der Waals surface area contributed by atoms with Crippen molar-refractivity contribution >= 4 is 44.6 Å². The molecule has 1 aromatic heterocycles. The minimum atomic E-state index is -0.603. The number of amides is 1. The van der Waals surface area contributed by atoms with Crippen molar-refractivity contribution in [3.8, 4) is 0 Å². The van der Waals surface area contributed by atoms with E-state index in [4.69, 9.17) is 9.47 Å². The Hall–Kier alpha value is -1.13. The molecule has 1 aliphatic heterocycles. The lowest BCUT2D eigenvalue weighted by atomic mass is 9.95. The second-order valence-corrected chi connectivity index (χ2v) is 10.6. The molecule has 1 amide bonds. The van der Waals surface area contributed by atoms with E-state index in [1.54, 1.807) is 4.90 Å². The standard InChI is InChI=1S/C21H27BrIN3O3/c1-20(2,3)29-19(27)25-11-15-17(23)18(22)24-26(15)12-16(25)21(4,5)28-13-14-9-7-6-8-10-14/h6-10,16H,11-13H2,1-5H3. The topological polar surface area (TPSA) is 56.6 Å². The van der Waals surface area contributed by atoms with Crippen LogP contribution in [0.3, 0.4) is 0 Å². The number of carbonyl (C=O) groups is 1. The van der Waals surface area contributed by atoms with E-state index in [0.29, 0.717) is 19.7 Å². The van der Waals surface area contributed by atoms with Gasteiger partial charge in [-0.1, -0.05) is 30.3 Å². The molecule has 0 saturated heterocycles. The van der Waals surface area contributed by atoms with Crippen LogP contribution in [0.1, 0.15) is 45.9 Å². The number of hydrogen-bond acceptors (Lipinski definition) is 4. The fourth-order valence-electron chi connectivity index (χ4n) is 3.33. The molecular weight excluding hydrogens is 549 g/mol. The second kappa shape index (κ2) is 8.55. The third kappa shape index (κ3) is 5.32. The van der Waals surface area contributed by atoms with Crippen molar-refractivity contribution in [2.75, 3.05) is 0 Å². The molecule has 0 radical (unpaired) electrons. The van der Waals surface area contributed by atoms with Crippen molar-refractivity contribution in [3.63, 3.8) is 0 Å². The van der Waals surface area contributed by atoms with Gasteiger partial charge in [-0.3, -0.25) is 9.58 Å². The van der Waals surface area contributed by atoms with E-state index >= 15 is 0 Å². The Labute approximate surface area is 194 Å². The van der Waals surface area contributed by atoms with Gasteiger partial charge in [0.15, 0.2) is 0 Å². The molecule has 0 N–H and O–H groups in total. The fraction of sp³-hybridized carbons (Fsp3) is 0.524. The zero-order chi connectivity index (χ0) is 21.4. The van der Waals surface area contributed by atoms with Crippen LogP contribution in [0.2, 0.25) is 0 Å². The van der Waals surface area contributed by atoms with Gasteiger partial charge in [-0.15, -0.1) is 0 Å². The summed E-state index contributed by atoms with van der Waals surface area (Å²) in [5.74, 6) is 0. The number of benzene rings is 1. The molecule has 1 aromatic carbocycles. The Morgan fingerprint density at radius 1 is 1.24 bits per heavy atom. The highest BCUT2D eigenvalue weighted by molar-refractivity contribution is 14.1. The number of ether oxygens (including phenoxy) is 2. The third-order valence-corrected chi connectivity index (χ3v) is 7.31. The zero-order valence-corrected chi connectivity index (χ0v) is 21.2. The van der Waals surface area contributed by atoms with E-state index in [1.165, 1.54) is 0 Å². The molecule has 0 bridgehead atoms. The lowest BCUT2D eigenvalue weighted by Gasteiger charge is -2.44. The Morgan fingerprint density at radius 2 is 1.90 bits per heavy atom. The number of halogens is 2. The molecule has 1 atom stereocenters. The number of carbonyl (C=O) groups excluding carboxylic acids is 1. The van der Waals surface area contributed by atoms with Crippen LogP contribution in [0.4, 0.5) is 4.79 Å². The number of hydrogen-bond donors (Lipinski definition) is 0. The van der Waals surface area contributed by atoms with E-state index in [1.807, 2.05) is 69.6 Å². The first-order valence-electron chi connectivity index (χ1n) is 9.56. The number of fused-ring (bicyclic) bond motifs is 1. The van der Waals surface area contributed by atoms with Crippen molar-refractivity contribution in [3.05, 3.63) is 49.8 Å². The normalized spacial score (nSPS) is 17.2. The van der Waals surface area contributed by atoms with Crippen molar-refractivity contribution in [1.29, 1.82) is 0 Å². The molecule has 1 unspecified atom stereocenters. The highest BCUT2D eigenvalue weighted by Crippen LogP contribution is 2.33. The first-order chi connectivity index (χ1) is 13.5. The van der Waals surface area contributed by atoms with Crippen molar-refractivity contribution < 1.29 is 14.3 Å². The van der Waals surface area contributed by atoms with E-state index in [-0.39, 0.29) is 12.1 Å². The summed E-state index contributed by atoms with van der Waals surface area (Å²) in [6.45, 7) is 11.1. The average Bonchev–Trinajstić information content (AvgIpc) is 2.92. The number of aromatic nitrogens is 2. The number of rotatable bonds is 4. The van der Waals surface area contributed by atoms with Crippen LogP contribution in [0.15, 0.2) is 34.9 Å². The van der Waals surface area contributed by atoms with Gasteiger partial charge < -0.3 is 9.47 Å². The van der Waals surface area contributed by atoms with Crippen LogP contribution in [0.25, 0.3) is 0 Å². The first-order valence-corrected chi connectivity index (χ1v) is 11.4. The average molecular weight is 576 g/mol. The van der Waals surface area contributed by atoms with Crippen molar-refractivity contribution in [2.45, 2.75) is 71.6 Å². The van der Waals surface area contributed by atoms with Gasteiger partial charge in [-0.2, -0.15) is 5.10 Å². The van der Waals surface area contributed by atoms with Crippen LogP contribution >= 0.6 is 38.5 Å². The molecule has 8 heteroatoms.